The van der Waals surface area contributed by atoms with Gasteiger partial charge in [0.2, 0.25) is 0 Å². The van der Waals surface area contributed by atoms with Crippen LogP contribution in [-0.2, 0) is 16.1 Å². The van der Waals surface area contributed by atoms with Crippen LogP contribution in [0.4, 0.5) is 35.0 Å². The van der Waals surface area contributed by atoms with Gasteiger partial charge in [0.25, 0.3) is 6.10 Å². The molecule has 0 fully saturated rings. The molecule has 4 nitrogen and oxygen atoms in total. The van der Waals surface area contributed by atoms with Crippen molar-refractivity contribution in [1.82, 2.24) is 4.72 Å². The average molecular weight is 277 g/mol. The van der Waals surface area contributed by atoms with Crippen molar-refractivity contribution >= 4 is 17.5 Å². The lowest BCUT2D eigenvalue weighted by Crippen LogP contribution is -2.47. The van der Waals surface area contributed by atoms with E-state index in [2.05, 4.69) is 4.74 Å². The molecule has 0 saturated heterocycles. The van der Waals surface area contributed by atoms with Gasteiger partial charge in [-0.25, -0.2) is 13.7 Å². The van der Waals surface area contributed by atoms with E-state index in [0.717, 1.165) is 0 Å². The number of nitrogens with one attached hydrogen (secondary N) is 1. The largest absolute Gasteiger partial charge is 0.434 e. The number of carbonyl (C=O) groups is 1. The molecule has 0 bridgehead atoms. The van der Waals surface area contributed by atoms with Crippen molar-refractivity contribution < 1.29 is 44.0 Å². The molecule has 0 aromatic heterocycles. The summed E-state index contributed by atoms with van der Waals surface area (Å²) >= 11 is -3.62. The van der Waals surface area contributed by atoms with Gasteiger partial charge in [0.1, 0.15) is 0 Å². The molecule has 0 rings (SSSR count). The van der Waals surface area contributed by atoms with E-state index in [9.17, 15) is 39.2 Å². The molecule has 0 aromatic carbocycles. The van der Waals surface area contributed by atoms with Gasteiger partial charge >= 0.3 is 29.8 Å². The molecular formula is C4H2F7NO3S. The topological polar surface area (TPSA) is 55.4 Å². The third-order valence-corrected chi connectivity index (χ3v) is 1.31. The fraction of sp³-hybridized carbons (Fsp3) is 0.750. The standard InChI is InChI=1S/C4H2F7NO3S/c5-3(6,7)1(4(8,9)10)15-2(13)12-16(11)14/h1H,(H,12,13). The predicted molar refractivity (Wildman–Crippen MR) is 34.8 cm³/mol. The summed E-state index contributed by atoms with van der Waals surface area (Å²) in [6.45, 7) is 0. The Labute approximate surface area is 85.6 Å². The molecule has 0 aliphatic rings. The molecule has 0 aromatic rings. The molecule has 0 aliphatic heterocycles. The second-order valence-electron chi connectivity index (χ2n) is 2.19. The van der Waals surface area contributed by atoms with Crippen LogP contribution in [0.5, 0.6) is 0 Å². The lowest BCUT2D eigenvalue weighted by molar-refractivity contribution is -0.306. The van der Waals surface area contributed by atoms with Crippen molar-refractivity contribution in [1.29, 1.82) is 0 Å². The van der Waals surface area contributed by atoms with Gasteiger partial charge in [-0.1, -0.05) is 0 Å². The molecule has 1 unspecified atom stereocenters. The summed E-state index contributed by atoms with van der Waals surface area (Å²) < 4.78 is 94.8. The Kier molecular flexibility index (Phi) is 4.52. The summed E-state index contributed by atoms with van der Waals surface area (Å²) in [6.07, 6.45) is -18.7. The van der Waals surface area contributed by atoms with Crippen LogP contribution in [0.3, 0.4) is 0 Å². The zero-order valence-corrected chi connectivity index (χ0v) is 7.67. The zero-order chi connectivity index (χ0) is 13.1. The van der Waals surface area contributed by atoms with Crippen LogP contribution in [0.2, 0.25) is 0 Å². The van der Waals surface area contributed by atoms with Gasteiger partial charge in [0, 0.05) is 0 Å². The van der Waals surface area contributed by atoms with Gasteiger partial charge < -0.3 is 4.74 Å². The van der Waals surface area contributed by atoms with E-state index in [0.29, 0.717) is 4.72 Å². The van der Waals surface area contributed by atoms with Crippen molar-refractivity contribution in [2.75, 3.05) is 0 Å². The summed E-state index contributed by atoms with van der Waals surface area (Å²) in [5.41, 5.74) is 0. The van der Waals surface area contributed by atoms with Crippen molar-refractivity contribution in [3.8, 4) is 0 Å². The van der Waals surface area contributed by atoms with Gasteiger partial charge in [-0.2, -0.15) is 26.3 Å². The van der Waals surface area contributed by atoms with Crippen molar-refractivity contribution in [2.24, 2.45) is 0 Å². The molecule has 12 heteroatoms. The minimum Gasteiger partial charge on any atom is -0.426 e. The van der Waals surface area contributed by atoms with Crippen molar-refractivity contribution in [3.05, 3.63) is 0 Å². The second-order valence-corrected chi connectivity index (χ2v) is 2.85. The quantitative estimate of drug-likeness (QED) is 0.618. The summed E-state index contributed by atoms with van der Waals surface area (Å²) in [5, 5.41) is 0. The van der Waals surface area contributed by atoms with Crippen molar-refractivity contribution in [2.45, 2.75) is 18.5 Å². The van der Waals surface area contributed by atoms with Gasteiger partial charge in [0.15, 0.2) is 0 Å². The molecule has 16 heavy (non-hydrogen) atoms. The van der Waals surface area contributed by atoms with Crippen LogP contribution in [0.25, 0.3) is 0 Å². The highest BCUT2D eigenvalue weighted by atomic mass is 32.2. The van der Waals surface area contributed by atoms with Crippen LogP contribution in [0.15, 0.2) is 0 Å². The molecule has 1 N–H and O–H groups in total. The number of hydrogen-bond acceptors (Lipinski definition) is 3. The Bertz CT molecular complexity index is 272. The zero-order valence-electron chi connectivity index (χ0n) is 6.86. The Morgan fingerprint density at radius 3 is 1.75 bits per heavy atom. The number of amides is 1. The lowest BCUT2D eigenvalue weighted by atomic mass is 10.3. The molecule has 0 spiro atoms. The fourth-order valence-corrected chi connectivity index (χ4v) is 0.695. The number of halogens is 7. The maximum atomic E-state index is 11.7. The Hall–Kier alpha value is -1.07. The van der Waals surface area contributed by atoms with E-state index in [1.807, 2.05) is 0 Å². The summed E-state index contributed by atoms with van der Waals surface area (Å²) in [5.74, 6) is 0. The van der Waals surface area contributed by atoms with E-state index < -0.39 is 35.9 Å². The Morgan fingerprint density at radius 1 is 1.12 bits per heavy atom. The fourth-order valence-electron chi connectivity index (χ4n) is 0.516. The monoisotopic (exact) mass is 277 g/mol. The SMILES string of the molecule is O=C(NS(=O)F)OC(C(F)(F)F)C(F)(F)F. The summed E-state index contributed by atoms with van der Waals surface area (Å²) in [4.78, 5) is 10.2. The second kappa shape index (κ2) is 4.84. The smallest absolute Gasteiger partial charge is 0.426 e. The minimum absolute atomic E-state index is 0.562. The highest BCUT2D eigenvalue weighted by Gasteiger charge is 2.60. The highest BCUT2D eigenvalue weighted by Crippen LogP contribution is 2.35. The predicted octanol–water partition coefficient (Wildman–Crippen LogP) is 1.75. The summed E-state index contributed by atoms with van der Waals surface area (Å²) in [7, 11) is 0. The number of carbonyl (C=O) groups excluding carboxylic acids is 1. The maximum absolute atomic E-state index is 11.7. The van der Waals surface area contributed by atoms with Crippen LogP contribution >= 0.6 is 0 Å². The van der Waals surface area contributed by atoms with Gasteiger partial charge in [-0.15, -0.1) is 3.89 Å². The normalized spacial score (nSPS) is 14.8. The van der Waals surface area contributed by atoms with Crippen LogP contribution < -0.4 is 4.72 Å². The third-order valence-electron chi connectivity index (χ3n) is 0.983. The number of rotatable bonds is 2. The van der Waals surface area contributed by atoms with Crippen LogP contribution in [0, 0.1) is 0 Å². The van der Waals surface area contributed by atoms with Crippen molar-refractivity contribution in [3.63, 3.8) is 0 Å². The molecule has 1 atom stereocenters. The van der Waals surface area contributed by atoms with E-state index in [1.165, 1.54) is 0 Å². The minimum atomic E-state index is -5.91. The number of ether oxygens (including phenoxy) is 1. The average Bonchev–Trinajstić information content (AvgIpc) is 1.94. The molecule has 0 heterocycles. The van der Waals surface area contributed by atoms with E-state index in [4.69, 9.17) is 0 Å². The van der Waals surface area contributed by atoms with Gasteiger partial charge in [-0.05, 0) is 0 Å². The number of hydrogen-bond donors (Lipinski definition) is 1. The van der Waals surface area contributed by atoms with E-state index in [-0.39, 0.29) is 0 Å². The lowest BCUT2D eigenvalue weighted by Gasteiger charge is -2.22. The van der Waals surface area contributed by atoms with Gasteiger partial charge in [-0.3, -0.25) is 0 Å². The first kappa shape index (κ1) is 14.9. The van der Waals surface area contributed by atoms with Crippen LogP contribution in [-0.4, -0.2) is 28.8 Å². The first-order valence-electron chi connectivity index (χ1n) is 3.13. The first-order valence-corrected chi connectivity index (χ1v) is 4.18. The molecule has 96 valence electrons. The first-order chi connectivity index (χ1) is 6.94. The van der Waals surface area contributed by atoms with E-state index >= 15 is 0 Å². The Morgan fingerprint density at radius 2 is 1.50 bits per heavy atom. The van der Waals surface area contributed by atoms with Gasteiger partial charge in [0.05, 0.1) is 0 Å². The molecular weight excluding hydrogens is 275 g/mol. The van der Waals surface area contributed by atoms with E-state index in [1.54, 1.807) is 0 Å². The third kappa shape index (κ3) is 5.14. The van der Waals surface area contributed by atoms with Crippen LogP contribution in [0.1, 0.15) is 0 Å². The molecule has 0 saturated carbocycles. The maximum Gasteiger partial charge on any atom is 0.434 e. The molecule has 0 aliphatic carbocycles. The summed E-state index contributed by atoms with van der Waals surface area (Å²) in [6, 6.07) is 0. The molecule has 1 amide bonds. The molecule has 0 radical (unpaired) electrons. The highest BCUT2D eigenvalue weighted by molar-refractivity contribution is 7.78. The number of alkyl halides is 6. The Balaban J connectivity index is 4.71.